The molecule has 0 saturated heterocycles. The first-order valence-corrected chi connectivity index (χ1v) is 10.2. The highest BCUT2D eigenvalue weighted by atomic mass is 19.1. The molecule has 2 amide bonds. The molecule has 29 heavy (non-hydrogen) atoms. The second kappa shape index (κ2) is 5.75. The van der Waals surface area contributed by atoms with Gasteiger partial charge in [-0.25, -0.2) is 9.37 Å². The van der Waals surface area contributed by atoms with Crippen LogP contribution in [0.2, 0.25) is 0 Å². The van der Waals surface area contributed by atoms with Crippen LogP contribution in [0, 0.1) is 0 Å². The molecular formula is C23H20FN3O2. The van der Waals surface area contributed by atoms with Crippen molar-refractivity contribution in [3.05, 3.63) is 70.7 Å². The van der Waals surface area contributed by atoms with Crippen LogP contribution in [0.5, 0.6) is 0 Å². The second-order valence-corrected chi connectivity index (χ2v) is 8.49. The monoisotopic (exact) mass is 389 g/mol. The van der Waals surface area contributed by atoms with Crippen molar-refractivity contribution in [3.63, 3.8) is 0 Å². The van der Waals surface area contributed by atoms with Crippen LogP contribution in [-0.4, -0.2) is 26.1 Å². The third-order valence-electron chi connectivity index (χ3n) is 6.50. The molecule has 1 aliphatic heterocycles. The topological polar surface area (TPSA) is 54.7 Å². The Hall–Kier alpha value is -3.02. The lowest BCUT2D eigenvalue weighted by molar-refractivity contribution is 0.0615. The fourth-order valence-electron chi connectivity index (χ4n) is 4.52. The van der Waals surface area contributed by atoms with E-state index in [2.05, 4.69) is 4.98 Å². The van der Waals surface area contributed by atoms with E-state index in [1.165, 1.54) is 4.90 Å². The van der Waals surface area contributed by atoms with E-state index in [1.54, 1.807) is 24.3 Å². The van der Waals surface area contributed by atoms with Gasteiger partial charge in [-0.1, -0.05) is 12.1 Å². The largest absolute Gasteiger partial charge is 0.306 e. The van der Waals surface area contributed by atoms with E-state index in [0.717, 1.165) is 24.8 Å². The average Bonchev–Trinajstić information content (AvgIpc) is 3.43. The Bertz CT molecular complexity index is 1160. The van der Waals surface area contributed by atoms with E-state index in [0.29, 0.717) is 46.8 Å². The minimum absolute atomic E-state index is 0.0888. The molecule has 0 unspecified atom stereocenters. The smallest absolute Gasteiger partial charge is 0.261 e. The first-order chi connectivity index (χ1) is 14.0. The van der Waals surface area contributed by atoms with Crippen LogP contribution in [-0.2, 0) is 12.2 Å². The van der Waals surface area contributed by atoms with E-state index in [4.69, 9.17) is 0 Å². The number of carbonyl (C=O) groups is 2. The summed E-state index contributed by atoms with van der Waals surface area (Å²) >= 11 is 0. The van der Waals surface area contributed by atoms with Crippen molar-refractivity contribution in [2.75, 3.05) is 0 Å². The molecule has 2 fully saturated rings. The molecule has 0 atom stereocenters. The van der Waals surface area contributed by atoms with Gasteiger partial charge in [-0.15, -0.1) is 0 Å². The molecule has 0 spiro atoms. The molecule has 3 aliphatic rings. The number of fused-ring (bicyclic) bond motifs is 2. The molecule has 146 valence electrons. The predicted molar refractivity (Wildman–Crippen MR) is 104 cm³/mol. The van der Waals surface area contributed by atoms with Crippen LogP contribution in [0.15, 0.2) is 42.7 Å². The lowest BCUT2D eigenvalue weighted by atomic mass is 9.76. The molecule has 1 aromatic carbocycles. The summed E-state index contributed by atoms with van der Waals surface area (Å²) in [5.74, 6) is -0.103. The van der Waals surface area contributed by atoms with Gasteiger partial charge in [0.2, 0.25) is 0 Å². The normalized spacial score (nSPS) is 20.2. The molecule has 3 aromatic rings. The number of hydrogen-bond donors (Lipinski definition) is 0. The number of nitrogens with zero attached hydrogens (tertiary/aromatic N) is 3. The van der Waals surface area contributed by atoms with Gasteiger partial charge in [-0.05, 0) is 61.8 Å². The summed E-state index contributed by atoms with van der Waals surface area (Å²) in [6, 6.07) is 8.84. The van der Waals surface area contributed by atoms with Crippen molar-refractivity contribution in [2.45, 2.75) is 50.2 Å². The maximum absolute atomic E-state index is 15.4. The fraction of sp³-hybridized carbons (Fsp3) is 0.348. The predicted octanol–water partition coefficient (Wildman–Crippen LogP) is 4.36. The van der Waals surface area contributed by atoms with E-state index in [1.807, 2.05) is 22.9 Å². The number of imidazole rings is 1. The van der Waals surface area contributed by atoms with Gasteiger partial charge >= 0.3 is 0 Å². The van der Waals surface area contributed by atoms with E-state index < -0.39 is 5.67 Å². The summed E-state index contributed by atoms with van der Waals surface area (Å²) in [6.07, 6.45) is 8.07. The number of rotatable bonds is 4. The minimum atomic E-state index is -1.32. The van der Waals surface area contributed by atoms with Gasteiger partial charge in [0.25, 0.3) is 11.8 Å². The number of pyridine rings is 1. The Morgan fingerprint density at radius 1 is 1.07 bits per heavy atom. The Balaban J connectivity index is 1.40. The average molecular weight is 389 g/mol. The number of imide groups is 1. The molecule has 2 aliphatic carbocycles. The summed E-state index contributed by atoms with van der Waals surface area (Å²) in [7, 11) is 0. The Kier molecular flexibility index (Phi) is 3.35. The van der Waals surface area contributed by atoms with Crippen molar-refractivity contribution in [2.24, 2.45) is 0 Å². The third-order valence-corrected chi connectivity index (χ3v) is 6.50. The Labute approximate surface area is 167 Å². The van der Waals surface area contributed by atoms with Gasteiger partial charge in [-0.2, -0.15) is 0 Å². The molecule has 3 heterocycles. The number of aromatic nitrogens is 2. The number of halogens is 1. The molecule has 6 heteroatoms. The van der Waals surface area contributed by atoms with Crippen molar-refractivity contribution >= 4 is 17.5 Å². The molecule has 2 aromatic heterocycles. The van der Waals surface area contributed by atoms with Gasteiger partial charge in [0.1, 0.15) is 11.3 Å². The zero-order chi connectivity index (χ0) is 19.8. The minimum Gasteiger partial charge on any atom is -0.306 e. The zero-order valence-corrected chi connectivity index (χ0v) is 15.9. The van der Waals surface area contributed by atoms with Crippen molar-refractivity contribution in [3.8, 4) is 0 Å². The highest BCUT2D eigenvalue weighted by molar-refractivity contribution is 6.21. The van der Waals surface area contributed by atoms with Crippen LogP contribution in [0.25, 0.3) is 5.65 Å². The highest BCUT2D eigenvalue weighted by Gasteiger charge is 2.42. The molecule has 0 N–H and O–H groups in total. The second-order valence-electron chi connectivity index (χ2n) is 8.49. The summed E-state index contributed by atoms with van der Waals surface area (Å²) < 4.78 is 17.3. The van der Waals surface area contributed by atoms with Crippen molar-refractivity contribution < 1.29 is 14.0 Å². The van der Waals surface area contributed by atoms with Gasteiger partial charge in [0.05, 0.1) is 23.4 Å². The van der Waals surface area contributed by atoms with Gasteiger partial charge in [-0.3, -0.25) is 14.5 Å². The number of alkyl halides is 1. The maximum Gasteiger partial charge on any atom is 0.261 e. The first-order valence-electron chi connectivity index (χ1n) is 10.2. The molecule has 0 radical (unpaired) electrons. The number of carbonyl (C=O) groups excluding carboxylic acids is 2. The fourth-order valence-corrected chi connectivity index (χ4v) is 4.52. The van der Waals surface area contributed by atoms with Crippen molar-refractivity contribution in [1.29, 1.82) is 0 Å². The molecule has 6 rings (SSSR count). The summed E-state index contributed by atoms with van der Waals surface area (Å²) in [5.41, 5.74) is 2.54. The Morgan fingerprint density at radius 2 is 1.76 bits per heavy atom. The highest BCUT2D eigenvalue weighted by Crippen LogP contribution is 2.48. The summed E-state index contributed by atoms with van der Waals surface area (Å²) in [5, 5.41) is 0. The zero-order valence-electron chi connectivity index (χ0n) is 15.9. The SMILES string of the molecule is O=C1c2ccccc2C(=O)N1Cc1cn2cc(C3CC3)cc(C3(F)CCC3)c2n1. The van der Waals surface area contributed by atoms with Gasteiger partial charge in [0.15, 0.2) is 0 Å². The van der Waals surface area contributed by atoms with E-state index in [9.17, 15) is 9.59 Å². The van der Waals surface area contributed by atoms with Crippen molar-refractivity contribution in [1.82, 2.24) is 14.3 Å². The quantitative estimate of drug-likeness (QED) is 0.623. The van der Waals surface area contributed by atoms with E-state index >= 15 is 4.39 Å². The number of hydrogen-bond acceptors (Lipinski definition) is 3. The van der Waals surface area contributed by atoms with Crippen LogP contribution in [0.1, 0.15) is 75.6 Å². The number of amides is 2. The van der Waals surface area contributed by atoms with E-state index in [-0.39, 0.29) is 18.4 Å². The molecule has 5 nitrogen and oxygen atoms in total. The Morgan fingerprint density at radius 3 is 2.34 bits per heavy atom. The van der Waals surface area contributed by atoms with Gasteiger partial charge < -0.3 is 4.40 Å². The lowest BCUT2D eigenvalue weighted by Crippen LogP contribution is -2.30. The number of benzene rings is 1. The molecule has 2 saturated carbocycles. The summed E-state index contributed by atoms with van der Waals surface area (Å²) in [6.45, 7) is 0.0888. The van der Waals surface area contributed by atoms with Crippen LogP contribution in [0.4, 0.5) is 4.39 Å². The van der Waals surface area contributed by atoms with Crippen LogP contribution >= 0.6 is 0 Å². The lowest BCUT2D eigenvalue weighted by Gasteiger charge is -2.34. The molecular weight excluding hydrogens is 369 g/mol. The third kappa shape index (κ3) is 2.48. The van der Waals surface area contributed by atoms with Crippen LogP contribution < -0.4 is 0 Å². The summed E-state index contributed by atoms with van der Waals surface area (Å²) in [4.78, 5) is 31.2. The molecule has 0 bridgehead atoms. The standard InChI is InChI=1S/C23H20FN3O2/c24-23(8-3-9-23)19-10-15(14-6-7-14)11-26-12-16(25-20(19)26)13-27-21(28)17-4-1-2-5-18(17)22(27)29/h1-2,4-5,10-12,14H,3,6-9,13H2. The maximum atomic E-state index is 15.4. The van der Waals surface area contributed by atoms with Gasteiger partial charge in [0, 0.05) is 18.0 Å². The van der Waals surface area contributed by atoms with Crippen LogP contribution in [0.3, 0.4) is 0 Å². The first kappa shape index (κ1) is 16.9.